The van der Waals surface area contributed by atoms with Gasteiger partial charge in [0.1, 0.15) is 0 Å². The zero-order chi connectivity index (χ0) is 15.8. The molecule has 0 unspecified atom stereocenters. The van der Waals surface area contributed by atoms with Crippen molar-refractivity contribution in [3.63, 3.8) is 0 Å². The zero-order valence-electron chi connectivity index (χ0n) is 13.4. The lowest BCUT2D eigenvalue weighted by Crippen LogP contribution is -2.45. The number of ether oxygens (including phenoxy) is 8. The maximum atomic E-state index is 5.55. The first kappa shape index (κ1) is 20.7. The van der Waals surface area contributed by atoms with Crippen LogP contribution < -0.4 is 0 Å². The largest absolute Gasteiger partial charge is 0.413 e. The summed E-state index contributed by atoms with van der Waals surface area (Å²) in [6.45, 7) is 2.56. The third kappa shape index (κ3) is 11.0. The summed E-state index contributed by atoms with van der Waals surface area (Å²) in [5.41, 5.74) is 0. The second-order valence-electron chi connectivity index (χ2n) is 3.87. The van der Waals surface area contributed by atoms with Crippen LogP contribution in [0, 0.1) is 0 Å². The fourth-order valence-corrected chi connectivity index (χ4v) is 1.25. The summed E-state index contributed by atoms with van der Waals surface area (Å²) in [7, 11) is 6.31. The van der Waals surface area contributed by atoms with Crippen LogP contribution in [0.2, 0.25) is 0 Å². The van der Waals surface area contributed by atoms with Crippen molar-refractivity contribution in [2.24, 2.45) is 0 Å². The van der Waals surface area contributed by atoms with Gasteiger partial charge in [-0.05, 0) is 0 Å². The fourth-order valence-electron chi connectivity index (χ4n) is 1.25. The molecule has 0 aliphatic carbocycles. The predicted molar refractivity (Wildman–Crippen MR) is 74.0 cm³/mol. The van der Waals surface area contributed by atoms with E-state index < -0.39 is 6.16 Å². The summed E-state index contributed by atoms with van der Waals surface area (Å²) in [4.78, 5) is 0. The Morgan fingerprint density at radius 1 is 0.429 bits per heavy atom. The Morgan fingerprint density at radius 2 is 0.667 bits per heavy atom. The first-order valence-electron chi connectivity index (χ1n) is 6.76. The van der Waals surface area contributed by atoms with Crippen molar-refractivity contribution in [3.8, 4) is 0 Å². The molecule has 128 valence electrons. The first-order valence-corrected chi connectivity index (χ1v) is 6.76. The predicted octanol–water partition coefficient (Wildman–Crippen LogP) is 0.250. The lowest BCUT2D eigenvalue weighted by Gasteiger charge is -2.32. The maximum absolute atomic E-state index is 5.55. The van der Waals surface area contributed by atoms with Crippen molar-refractivity contribution in [2.45, 2.75) is 6.16 Å². The molecule has 0 N–H and O–H groups in total. The molecule has 21 heavy (non-hydrogen) atoms. The number of methoxy groups -OCH3 is 4. The van der Waals surface area contributed by atoms with Crippen LogP contribution in [0.3, 0.4) is 0 Å². The SMILES string of the molecule is COCCOC(OCCOC)(OCCOC)OCCOC. The second kappa shape index (κ2) is 14.6. The molecule has 0 aliphatic rings. The van der Waals surface area contributed by atoms with Crippen molar-refractivity contribution < 1.29 is 37.9 Å². The van der Waals surface area contributed by atoms with Crippen LogP contribution >= 0.6 is 0 Å². The van der Waals surface area contributed by atoms with Crippen LogP contribution in [0.25, 0.3) is 0 Å². The summed E-state index contributed by atoms with van der Waals surface area (Å²) in [6, 6.07) is 0. The third-order valence-electron chi connectivity index (χ3n) is 2.27. The second-order valence-corrected chi connectivity index (χ2v) is 3.87. The molecule has 0 aliphatic heterocycles. The van der Waals surface area contributed by atoms with Crippen LogP contribution in [0.1, 0.15) is 0 Å². The van der Waals surface area contributed by atoms with Crippen LogP contribution in [0.4, 0.5) is 0 Å². The van der Waals surface area contributed by atoms with E-state index >= 15 is 0 Å². The van der Waals surface area contributed by atoms with Crippen molar-refractivity contribution in [1.29, 1.82) is 0 Å². The Hall–Kier alpha value is -0.320. The average Bonchev–Trinajstić information content (AvgIpc) is 2.48. The highest BCUT2D eigenvalue weighted by molar-refractivity contribution is 4.47. The minimum atomic E-state index is -1.62. The van der Waals surface area contributed by atoms with E-state index in [0.29, 0.717) is 26.4 Å². The van der Waals surface area contributed by atoms with Crippen molar-refractivity contribution in [2.75, 3.05) is 81.3 Å². The highest BCUT2D eigenvalue weighted by atomic mass is 17.0. The average molecular weight is 312 g/mol. The monoisotopic (exact) mass is 312 g/mol. The normalized spacial score (nSPS) is 12.0. The molecular formula is C13H28O8. The Kier molecular flexibility index (Phi) is 14.4. The molecule has 0 radical (unpaired) electrons. The summed E-state index contributed by atoms with van der Waals surface area (Å²) in [5, 5.41) is 0. The highest BCUT2D eigenvalue weighted by Gasteiger charge is 2.35. The minimum absolute atomic E-state index is 0.253. The van der Waals surface area contributed by atoms with Gasteiger partial charge < -0.3 is 37.9 Å². The number of rotatable bonds is 16. The van der Waals surface area contributed by atoms with E-state index in [9.17, 15) is 0 Å². The van der Waals surface area contributed by atoms with Gasteiger partial charge in [-0.15, -0.1) is 0 Å². The molecule has 0 saturated heterocycles. The molecule has 8 nitrogen and oxygen atoms in total. The summed E-state index contributed by atoms with van der Waals surface area (Å²) < 4.78 is 42.0. The van der Waals surface area contributed by atoms with Gasteiger partial charge in [0.15, 0.2) is 0 Å². The van der Waals surface area contributed by atoms with E-state index in [-0.39, 0.29) is 26.4 Å². The molecule has 0 bridgehead atoms. The molecule has 0 aromatic rings. The lowest BCUT2D eigenvalue weighted by atomic mass is 10.7. The van der Waals surface area contributed by atoms with Gasteiger partial charge in [-0.25, -0.2) is 0 Å². The van der Waals surface area contributed by atoms with E-state index in [4.69, 9.17) is 37.9 Å². The van der Waals surface area contributed by atoms with Gasteiger partial charge >= 0.3 is 6.16 Å². The van der Waals surface area contributed by atoms with Gasteiger partial charge in [0.25, 0.3) is 0 Å². The highest BCUT2D eigenvalue weighted by Crippen LogP contribution is 2.18. The smallest absolute Gasteiger partial charge is 0.382 e. The van der Waals surface area contributed by atoms with E-state index in [2.05, 4.69) is 0 Å². The first-order chi connectivity index (χ1) is 10.2. The zero-order valence-corrected chi connectivity index (χ0v) is 13.4. The molecule has 0 aromatic carbocycles. The van der Waals surface area contributed by atoms with Crippen molar-refractivity contribution in [1.82, 2.24) is 0 Å². The molecule has 0 amide bonds. The van der Waals surface area contributed by atoms with Crippen molar-refractivity contribution in [3.05, 3.63) is 0 Å². The van der Waals surface area contributed by atoms with E-state index in [0.717, 1.165) is 0 Å². The van der Waals surface area contributed by atoms with Crippen molar-refractivity contribution >= 4 is 0 Å². The standard InChI is InChI=1S/C13H28O8/c1-14-5-9-18-13(19-10-6-15-2,20-11-7-16-3)21-12-8-17-4/h5-12H2,1-4H3. The third-order valence-corrected chi connectivity index (χ3v) is 2.27. The topological polar surface area (TPSA) is 73.8 Å². The summed E-state index contributed by atoms with van der Waals surface area (Å²) in [5.74, 6) is 0. The van der Waals surface area contributed by atoms with Gasteiger partial charge in [0.05, 0.1) is 52.9 Å². The number of hydrogen-bond acceptors (Lipinski definition) is 8. The molecule has 0 saturated carbocycles. The maximum Gasteiger partial charge on any atom is 0.413 e. The number of hydrogen-bond donors (Lipinski definition) is 0. The van der Waals surface area contributed by atoms with Gasteiger partial charge in [-0.3, -0.25) is 0 Å². The van der Waals surface area contributed by atoms with Crippen LogP contribution in [-0.4, -0.2) is 87.5 Å². The molecule has 0 heterocycles. The summed E-state index contributed by atoms with van der Waals surface area (Å²) >= 11 is 0. The molecule has 0 aromatic heterocycles. The van der Waals surface area contributed by atoms with E-state index in [1.54, 1.807) is 28.4 Å². The van der Waals surface area contributed by atoms with Gasteiger partial charge in [-0.1, -0.05) is 0 Å². The summed E-state index contributed by atoms with van der Waals surface area (Å²) in [6.07, 6.45) is -1.62. The van der Waals surface area contributed by atoms with Crippen LogP contribution in [0.15, 0.2) is 0 Å². The van der Waals surface area contributed by atoms with Gasteiger partial charge in [0, 0.05) is 28.4 Å². The Bertz CT molecular complexity index is 169. The molecule has 0 spiro atoms. The quantitative estimate of drug-likeness (QED) is 0.297. The van der Waals surface area contributed by atoms with Gasteiger partial charge in [-0.2, -0.15) is 0 Å². The minimum Gasteiger partial charge on any atom is -0.382 e. The van der Waals surface area contributed by atoms with Gasteiger partial charge in [0.2, 0.25) is 0 Å². The molecule has 0 atom stereocenters. The molecular weight excluding hydrogens is 284 g/mol. The lowest BCUT2D eigenvalue weighted by molar-refractivity contribution is -0.501. The molecule has 8 heteroatoms. The van der Waals surface area contributed by atoms with Crippen LogP contribution in [0.5, 0.6) is 0 Å². The van der Waals surface area contributed by atoms with Crippen LogP contribution in [-0.2, 0) is 37.9 Å². The van der Waals surface area contributed by atoms with E-state index in [1.165, 1.54) is 0 Å². The Labute approximate surface area is 126 Å². The Morgan fingerprint density at radius 3 is 0.857 bits per heavy atom. The molecule has 0 fully saturated rings. The molecule has 0 rings (SSSR count). The fraction of sp³-hybridized carbons (Fsp3) is 1.00. The van der Waals surface area contributed by atoms with E-state index in [1.807, 2.05) is 0 Å². The Balaban J connectivity index is 4.52.